The van der Waals surface area contributed by atoms with E-state index in [1.54, 1.807) is 44.8 Å². The van der Waals surface area contributed by atoms with Gasteiger partial charge in [-0.05, 0) is 33.1 Å². The second-order valence-electron chi connectivity index (χ2n) is 8.55. The Morgan fingerprint density at radius 1 is 1.30 bits per heavy atom. The second-order valence-corrected chi connectivity index (χ2v) is 8.55. The topological polar surface area (TPSA) is 120 Å². The molecule has 1 aromatic rings. The Morgan fingerprint density at radius 3 is 2.47 bits per heavy atom. The normalized spacial score (nSPS) is 14.5. The van der Waals surface area contributed by atoms with Crippen molar-refractivity contribution >= 4 is 18.0 Å². The minimum atomic E-state index is -1.06. The van der Waals surface area contributed by atoms with Gasteiger partial charge in [0.2, 0.25) is 0 Å². The lowest BCUT2D eigenvalue weighted by molar-refractivity contribution is -0.158. The fraction of sp³-hybridized carbons (Fsp3) is 0.714. The lowest BCUT2D eigenvalue weighted by Crippen LogP contribution is -2.47. The summed E-state index contributed by atoms with van der Waals surface area (Å²) in [7, 11) is 1.78. The van der Waals surface area contributed by atoms with E-state index in [0.29, 0.717) is 5.82 Å². The third kappa shape index (κ3) is 9.28. The van der Waals surface area contributed by atoms with Crippen molar-refractivity contribution < 1.29 is 29.0 Å². The number of alkyl carbamates (subject to hydrolysis) is 1. The molecule has 0 aliphatic rings. The summed E-state index contributed by atoms with van der Waals surface area (Å²) in [6.45, 7) is 9.06. The van der Waals surface area contributed by atoms with Crippen molar-refractivity contribution in [1.82, 2.24) is 14.9 Å². The molecule has 30 heavy (non-hydrogen) atoms. The highest BCUT2D eigenvalue weighted by Gasteiger charge is 2.31. The lowest BCUT2D eigenvalue weighted by Gasteiger charge is -2.27. The van der Waals surface area contributed by atoms with E-state index in [1.165, 1.54) is 0 Å². The van der Waals surface area contributed by atoms with Crippen molar-refractivity contribution in [3.63, 3.8) is 0 Å². The number of hydrogen-bond acceptors (Lipinski definition) is 6. The van der Waals surface area contributed by atoms with E-state index in [1.807, 2.05) is 13.8 Å². The summed E-state index contributed by atoms with van der Waals surface area (Å²) >= 11 is 0. The number of hydrogen-bond donors (Lipinski definition) is 2. The Kier molecular flexibility index (Phi) is 9.81. The minimum Gasteiger partial charge on any atom is -0.481 e. The fourth-order valence-electron chi connectivity index (χ4n) is 2.89. The Bertz CT molecular complexity index is 710. The van der Waals surface area contributed by atoms with Crippen LogP contribution in [0, 0.1) is 5.92 Å². The molecule has 0 radical (unpaired) electrons. The zero-order valence-corrected chi connectivity index (χ0v) is 18.8. The Balaban J connectivity index is 2.98. The smallest absolute Gasteiger partial charge is 0.408 e. The molecule has 0 aliphatic carbocycles. The molecule has 0 fully saturated rings. The Labute approximate surface area is 178 Å². The van der Waals surface area contributed by atoms with Crippen LogP contribution in [0.15, 0.2) is 12.4 Å². The summed E-state index contributed by atoms with van der Waals surface area (Å²) < 4.78 is 12.6. The average molecular weight is 426 g/mol. The maximum atomic E-state index is 12.9. The molecule has 0 spiro atoms. The maximum absolute atomic E-state index is 12.9. The molecule has 9 nitrogen and oxygen atoms in total. The quantitative estimate of drug-likeness (QED) is 0.523. The monoisotopic (exact) mass is 425 g/mol. The first-order chi connectivity index (χ1) is 13.9. The molecule has 9 heteroatoms. The molecule has 1 rings (SSSR count). The van der Waals surface area contributed by atoms with E-state index >= 15 is 0 Å². The van der Waals surface area contributed by atoms with Crippen LogP contribution in [-0.4, -0.2) is 50.4 Å². The second kappa shape index (κ2) is 11.6. The molecule has 1 heterocycles. The summed E-state index contributed by atoms with van der Waals surface area (Å²) in [5.74, 6) is -1.31. The first-order valence-corrected chi connectivity index (χ1v) is 10.3. The molecule has 0 saturated carbocycles. The predicted molar refractivity (Wildman–Crippen MR) is 111 cm³/mol. The molecule has 0 aliphatic heterocycles. The third-order valence-electron chi connectivity index (χ3n) is 4.57. The molecular weight excluding hydrogens is 390 g/mol. The van der Waals surface area contributed by atoms with Gasteiger partial charge in [-0.1, -0.05) is 26.7 Å². The lowest BCUT2D eigenvalue weighted by atomic mass is 9.95. The fourth-order valence-corrected chi connectivity index (χ4v) is 2.89. The number of unbranched alkanes of at least 4 members (excludes halogenated alkanes) is 1. The van der Waals surface area contributed by atoms with Gasteiger partial charge in [0, 0.05) is 25.9 Å². The van der Waals surface area contributed by atoms with E-state index in [9.17, 15) is 19.5 Å². The van der Waals surface area contributed by atoms with Crippen molar-refractivity contribution in [1.29, 1.82) is 0 Å². The molecule has 0 saturated heterocycles. The Morgan fingerprint density at radius 2 is 1.97 bits per heavy atom. The number of aromatic nitrogens is 2. The van der Waals surface area contributed by atoms with Crippen molar-refractivity contribution in [2.24, 2.45) is 13.0 Å². The predicted octanol–water partition coefficient (Wildman–Crippen LogP) is 3.07. The van der Waals surface area contributed by atoms with Crippen molar-refractivity contribution in [2.75, 3.05) is 0 Å². The van der Waals surface area contributed by atoms with E-state index in [4.69, 9.17) is 9.47 Å². The number of nitrogens with zero attached hydrogens (tertiary/aromatic N) is 2. The van der Waals surface area contributed by atoms with Crippen LogP contribution >= 0.6 is 0 Å². The van der Waals surface area contributed by atoms with Gasteiger partial charge in [0.15, 0.2) is 0 Å². The zero-order chi connectivity index (χ0) is 22.9. The molecule has 3 atom stereocenters. The number of carboxylic acids is 1. The third-order valence-corrected chi connectivity index (χ3v) is 4.57. The van der Waals surface area contributed by atoms with Crippen LogP contribution in [-0.2, 0) is 32.5 Å². The molecule has 0 aromatic carbocycles. The number of amides is 1. The van der Waals surface area contributed by atoms with Gasteiger partial charge in [-0.2, -0.15) is 0 Å². The SMILES string of the molecule is CCCC[C@H](C)[C@H](CC(=O)O)OC(=O)[C@H](Cc1nccn1C)NC(=O)OC(C)(C)C. The number of ether oxygens (including phenoxy) is 2. The molecule has 0 unspecified atom stereocenters. The average Bonchev–Trinajstić information content (AvgIpc) is 3.01. The van der Waals surface area contributed by atoms with Crippen LogP contribution < -0.4 is 5.32 Å². The standard InChI is InChI=1S/C21H35N3O6/c1-7-8-9-14(2)16(13-18(25)26)29-19(27)15(12-17-22-10-11-24(17)6)23-20(28)30-21(3,4)5/h10-11,14-16H,7-9,12-13H2,1-6H3,(H,23,28)(H,25,26)/t14-,15-,16-/m0/s1. The number of esters is 1. The summed E-state index contributed by atoms with van der Waals surface area (Å²) in [5.41, 5.74) is -0.734. The maximum Gasteiger partial charge on any atom is 0.408 e. The molecule has 0 bridgehead atoms. The van der Waals surface area contributed by atoms with Crippen LogP contribution in [0.2, 0.25) is 0 Å². The van der Waals surface area contributed by atoms with Crippen LogP contribution in [0.25, 0.3) is 0 Å². The number of imidazole rings is 1. The number of carboxylic acid groups (broad SMARTS) is 1. The van der Waals surface area contributed by atoms with Gasteiger partial charge in [0.05, 0.1) is 6.42 Å². The van der Waals surface area contributed by atoms with Gasteiger partial charge in [0.1, 0.15) is 23.6 Å². The molecule has 2 N–H and O–H groups in total. The highest BCUT2D eigenvalue weighted by molar-refractivity contribution is 5.82. The summed E-state index contributed by atoms with van der Waals surface area (Å²) in [6.07, 6.45) is 4.17. The number of carbonyl (C=O) groups excluding carboxylic acids is 2. The number of nitrogens with one attached hydrogen (secondary N) is 1. The van der Waals surface area contributed by atoms with E-state index in [2.05, 4.69) is 10.3 Å². The van der Waals surface area contributed by atoms with Crippen LogP contribution in [0.4, 0.5) is 4.79 Å². The highest BCUT2D eigenvalue weighted by atomic mass is 16.6. The zero-order valence-electron chi connectivity index (χ0n) is 18.8. The first-order valence-electron chi connectivity index (χ1n) is 10.3. The minimum absolute atomic E-state index is 0.0880. The highest BCUT2D eigenvalue weighted by Crippen LogP contribution is 2.20. The number of aryl methyl sites for hydroxylation is 1. The summed E-state index contributed by atoms with van der Waals surface area (Å²) in [4.78, 5) is 40.7. The van der Waals surface area contributed by atoms with Gasteiger partial charge in [-0.3, -0.25) is 4.79 Å². The van der Waals surface area contributed by atoms with E-state index in [0.717, 1.165) is 19.3 Å². The largest absolute Gasteiger partial charge is 0.481 e. The number of aliphatic carboxylic acids is 1. The molecule has 1 aromatic heterocycles. The Hall–Kier alpha value is -2.58. The van der Waals surface area contributed by atoms with Crippen LogP contribution in [0.3, 0.4) is 0 Å². The molecule has 1 amide bonds. The molecular formula is C21H35N3O6. The van der Waals surface area contributed by atoms with E-state index in [-0.39, 0.29) is 18.8 Å². The van der Waals surface area contributed by atoms with Gasteiger partial charge in [0.25, 0.3) is 0 Å². The van der Waals surface area contributed by atoms with Gasteiger partial charge < -0.3 is 24.5 Å². The summed E-state index contributed by atoms with van der Waals surface area (Å²) in [5, 5.41) is 11.8. The van der Waals surface area contributed by atoms with Crippen molar-refractivity contribution in [2.45, 2.75) is 84.5 Å². The summed E-state index contributed by atoms with van der Waals surface area (Å²) in [6, 6.07) is -1.06. The van der Waals surface area contributed by atoms with Crippen LogP contribution in [0.5, 0.6) is 0 Å². The van der Waals surface area contributed by atoms with Crippen molar-refractivity contribution in [3.8, 4) is 0 Å². The molecule has 170 valence electrons. The first kappa shape index (κ1) is 25.5. The number of carbonyl (C=O) groups is 3. The van der Waals surface area contributed by atoms with Gasteiger partial charge >= 0.3 is 18.0 Å². The van der Waals surface area contributed by atoms with Gasteiger partial charge in [-0.25, -0.2) is 14.6 Å². The van der Waals surface area contributed by atoms with Crippen LogP contribution in [0.1, 0.15) is 66.1 Å². The number of rotatable bonds is 11. The van der Waals surface area contributed by atoms with E-state index < -0.39 is 35.8 Å². The van der Waals surface area contributed by atoms with Gasteiger partial charge in [-0.15, -0.1) is 0 Å². The van der Waals surface area contributed by atoms with Crippen molar-refractivity contribution in [3.05, 3.63) is 18.2 Å².